The molecule has 3 fully saturated rings. The topological polar surface area (TPSA) is 97.7 Å². The summed E-state index contributed by atoms with van der Waals surface area (Å²) in [5.74, 6) is -8.12. The van der Waals surface area contributed by atoms with Gasteiger partial charge in [0, 0.05) is 11.1 Å². The quantitative estimate of drug-likeness (QED) is 0.161. The highest BCUT2D eigenvalue weighted by Gasteiger charge is 2.83. The molecule has 0 spiro atoms. The fourth-order valence-corrected chi connectivity index (χ4v) is 9.03. The Hall–Kier alpha value is -1.54. The van der Waals surface area contributed by atoms with Crippen molar-refractivity contribution in [2.45, 2.75) is 144 Å². The van der Waals surface area contributed by atoms with Crippen LogP contribution in [0, 0.1) is 13.8 Å². The molecule has 6 nitrogen and oxygen atoms in total. The van der Waals surface area contributed by atoms with Gasteiger partial charge < -0.3 is 4.18 Å². The van der Waals surface area contributed by atoms with Crippen molar-refractivity contribution in [3.63, 3.8) is 0 Å². The van der Waals surface area contributed by atoms with E-state index in [1.54, 1.807) is 13.8 Å². The van der Waals surface area contributed by atoms with Crippen molar-refractivity contribution in [2.24, 2.45) is 0 Å². The first-order chi connectivity index (χ1) is 19.9. The molecule has 0 saturated heterocycles. The van der Waals surface area contributed by atoms with Gasteiger partial charge in [-0.05, 0) is 86.8 Å². The molecule has 3 saturated carbocycles. The van der Waals surface area contributed by atoms with Crippen molar-refractivity contribution in [2.75, 3.05) is 0 Å². The Morgan fingerprint density at radius 3 is 1.23 bits per heavy atom. The lowest BCUT2D eigenvalue weighted by Gasteiger charge is -2.36. The second kappa shape index (κ2) is 12.3. The third-order valence-corrected chi connectivity index (χ3v) is 11.9. The summed E-state index contributed by atoms with van der Waals surface area (Å²) in [5, 5.41) is -13.5. The second-order valence-electron chi connectivity index (χ2n) is 12.4. The van der Waals surface area contributed by atoms with Crippen LogP contribution >= 0.6 is 0 Å². The first kappa shape index (κ1) is 34.3. The molecule has 3 aliphatic rings. The van der Waals surface area contributed by atoms with E-state index in [1.165, 1.54) is 0 Å². The monoisotopic (exact) mass is 662 g/mol. The highest BCUT2D eigenvalue weighted by Crippen LogP contribution is 2.55. The van der Waals surface area contributed by atoms with Crippen molar-refractivity contribution in [1.82, 2.24) is 0 Å². The Morgan fingerprint density at radius 1 is 0.581 bits per heavy atom. The molecule has 14 heteroatoms. The minimum Gasteiger partial charge on any atom is -0.377 e. The van der Waals surface area contributed by atoms with Gasteiger partial charge in [0.05, 0.1) is 0 Å². The molecule has 0 amide bonds. The Bertz CT molecular complexity index is 1350. The first-order valence-electron chi connectivity index (χ1n) is 15.1. The maximum absolute atomic E-state index is 15.1. The number of hydrogen-bond donors (Lipinski definition) is 1. The molecule has 0 bridgehead atoms. The average Bonchev–Trinajstić information content (AvgIpc) is 2.93. The van der Waals surface area contributed by atoms with Crippen LogP contribution in [0.4, 0.5) is 26.3 Å². The largest absolute Gasteiger partial charge is 0.450 e. The fraction of sp³-hybridized carbons (Fsp3) is 0.793. The zero-order valence-corrected chi connectivity index (χ0v) is 26.0. The van der Waals surface area contributed by atoms with Crippen molar-refractivity contribution in [3.8, 4) is 5.75 Å². The molecular weight excluding hydrogens is 622 g/mol. The van der Waals surface area contributed by atoms with Crippen LogP contribution in [0.25, 0.3) is 0 Å². The van der Waals surface area contributed by atoms with Gasteiger partial charge in [0.25, 0.3) is 0 Å². The van der Waals surface area contributed by atoms with Crippen LogP contribution in [0.15, 0.2) is 0 Å². The molecule has 0 aromatic heterocycles. The predicted molar refractivity (Wildman–Crippen MR) is 149 cm³/mol. The molecule has 0 radical (unpaired) electrons. The molecule has 3 aliphatic carbocycles. The summed E-state index contributed by atoms with van der Waals surface area (Å²) in [6, 6.07) is 0. The van der Waals surface area contributed by atoms with Gasteiger partial charge in [0.2, 0.25) is 0 Å². The Labute approximate surface area is 249 Å². The van der Waals surface area contributed by atoms with E-state index in [0.29, 0.717) is 47.9 Å². The fourth-order valence-electron chi connectivity index (χ4n) is 7.57. The van der Waals surface area contributed by atoms with Crippen LogP contribution in [0.5, 0.6) is 5.75 Å². The van der Waals surface area contributed by atoms with Gasteiger partial charge >= 0.3 is 36.7 Å². The molecule has 1 N–H and O–H groups in total. The van der Waals surface area contributed by atoms with Crippen molar-refractivity contribution < 1.29 is 51.9 Å². The molecule has 43 heavy (non-hydrogen) atoms. The highest BCUT2D eigenvalue weighted by molar-refractivity contribution is 7.88. The SMILES string of the molecule is Cc1c(C2CCCCC2)c(C)c(C2CCCCC2)c(OS(=O)(=O)C(F)(F)C(F)(F)C(F)(F)S(=O)(=O)O)c1C1CCCCC1. The average molecular weight is 663 g/mol. The molecule has 0 heterocycles. The molecule has 4 rings (SSSR count). The number of halogens is 6. The number of hydrogen-bond acceptors (Lipinski definition) is 5. The van der Waals surface area contributed by atoms with Crippen LogP contribution in [0.2, 0.25) is 0 Å². The van der Waals surface area contributed by atoms with Crippen LogP contribution in [0.1, 0.15) is 142 Å². The van der Waals surface area contributed by atoms with Crippen molar-refractivity contribution >= 4 is 20.2 Å². The third kappa shape index (κ3) is 6.05. The van der Waals surface area contributed by atoms with Gasteiger partial charge in [0.15, 0.2) is 0 Å². The Kier molecular flexibility index (Phi) is 9.85. The maximum Gasteiger partial charge on any atom is 0.450 e. The summed E-state index contributed by atoms with van der Waals surface area (Å²) in [5.41, 5.74) is 2.92. The molecular formula is C29H40F6O6S2. The highest BCUT2D eigenvalue weighted by atomic mass is 32.2. The predicted octanol–water partition coefficient (Wildman–Crippen LogP) is 8.86. The van der Waals surface area contributed by atoms with E-state index in [1.807, 2.05) is 0 Å². The number of alkyl halides is 6. The van der Waals surface area contributed by atoms with Gasteiger partial charge in [-0.25, -0.2) is 0 Å². The molecule has 246 valence electrons. The third-order valence-electron chi connectivity index (χ3n) is 9.71. The van der Waals surface area contributed by atoms with Crippen LogP contribution in [-0.2, 0) is 20.2 Å². The van der Waals surface area contributed by atoms with Crippen LogP contribution < -0.4 is 4.18 Å². The lowest BCUT2D eigenvalue weighted by atomic mass is 9.71. The first-order valence-corrected chi connectivity index (χ1v) is 17.9. The molecule has 0 aliphatic heterocycles. The summed E-state index contributed by atoms with van der Waals surface area (Å²) < 4.78 is 149. The zero-order valence-electron chi connectivity index (χ0n) is 24.4. The lowest BCUT2D eigenvalue weighted by molar-refractivity contribution is -0.247. The van der Waals surface area contributed by atoms with Gasteiger partial charge in [-0.1, -0.05) is 57.8 Å². The minimum atomic E-state index is -7.14. The van der Waals surface area contributed by atoms with Gasteiger partial charge in [-0.15, -0.1) is 0 Å². The smallest absolute Gasteiger partial charge is 0.377 e. The van der Waals surface area contributed by atoms with Crippen molar-refractivity contribution in [1.29, 1.82) is 0 Å². The normalized spacial score (nSPS) is 21.2. The summed E-state index contributed by atoms with van der Waals surface area (Å²) in [6.07, 6.45) is 11.9. The molecule has 0 unspecified atom stereocenters. The van der Waals surface area contributed by atoms with Crippen LogP contribution in [-0.4, -0.2) is 37.8 Å². The van der Waals surface area contributed by atoms with Gasteiger partial charge in [0.1, 0.15) is 5.75 Å². The van der Waals surface area contributed by atoms with E-state index in [2.05, 4.69) is 0 Å². The number of benzene rings is 1. The second-order valence-corrected chi connectivity index (χ2v) is 15.5. The molecule has 1 aromatic rings. The van der Waals surface area contributed by atoms with Gasteiger partial charge in [-0.2, -0.15) is 43.2 Å². The zero-order chi connectivity index (χ0) is 32.0. The summed E-state index contributed by atoms with van der Waals surface area (Å²) in [6.45, 7) is 3.51. The van der Waals surface area contributed by atoms with E-state index < -0.39 is 42.4 Å². The van der Waals surface area contributed by atoms with E-state index in [4.69, 9.17) is 8.74 Å². The minimum absolute atomic E-state index is 0.128. The van der Waals surface area contributed by atoms with Crippen LogP contribution in [0.3, 0.4) is 0 Å². The molecule has 0 atom stereocenters. The van der Waals surface area contributed by atoms with Gasteiger partial charge in [-0.3, -0.25) is 4.55 Å². The Balaban J connectivity index is 1.97. The van der Waals surface area contributed by atoms with E-state index in [-0.39, 0.29) is 17.8 Å². The Morgan fingerprint density at radius 2 is 0.907 bits per heavy atom. The summed E-state index contributed by atoms with van der Waals surface area (Å²) >= 11 is 0. The van der Waals surface area contributed by atoms with Crippen molar-refractivity contribution in [3.05, 3.63) is 27.8 Å². The summed E-state index contributed by atoms with van der Waals surface area (Å²) in [7, 11) is -14.1. The summed E-state index contributed by atoms with van der Waals surface area (Å²) in [4.78, 5) is 0. The van der Waals surface area contributed by atoms with E-state index >= 15 is 8.78 Å². The number of rotatable bonds is 9. The van der Waals surface area contributed by atoms with E-state index in [9.17, 15) is 34.4 Å². The maximum atomic E-state index is 15.1. The van der Waals surface area contributed by atoms with E-state index in [0.717, 1.165) is 76.2 Å². The lowest BCUT2D eigenvalue weighted by Crippen LogP contribution is -2.61. The molecule has 1 aromatic carbocycles. The standard InChI is InChI=1S/C29H40F6O6S2/c1-18-23(20-12-6-3-7-13-20)19(2)25(22-16-10-5-11-17-22)26(24(18)21-14-8-4-9-15-21)41-43(39,40)29(34,35)27(30,31)28(32,33)42(36,37)38/h20-22H,3-17H2,1-2H3,(H,36,37,38).